The van der Waals surface area contributed by atoms with E-state index in [9.17, 15) is 4.79 Å². The second-order valence-corrected chi connectivity index (χ2v) is 6.66. The summed E-state index contributed by atoms with van der Waals surface area (Å²) in [5.41, 5.74) is 0. The van der Waals surface area contributed by atoms with Crippen molar-refractivity contribution in [3.05, 3.63) is 0 Å². The normalized spacial score (nSPS) is 33.4. The van der Waals surface area contributed by atoms with Crippen LogP contribution in [0.25, 0.3) is 0 Å². The highest BCUT2D eigenvalue weighted by molar-refractivity contribution is 5.65. The van der Waals surface area contributed by atoms with Gasteiger partial charge in [-0.05, 0) is 61.7 Å². The lowest BCUT2D eigenvalue weighted by Gasteiger charge is -2.32. The molecule has 2 aliphatic carbocycles. The maximum Gasteiger partial charge on any atom is 0.302 e. The summed E-state index contributed by atoms with van der Waals surface area (Å²) in [6, 6.07) is 0. The van der Waals surface area contributed by atoms with Crippen LogP contribution in [0.1, 0.15) is 59.3 Å². The van der Waals surface area contributed by atoms with Gasteiger partial charge in [0.15, 0.2) is 0 Å². The van der Waals surface area contributed by atoms with Gasteiger partial charge in [-0.1, -0.05) is 20.3 Å². The average Bonchev–Trinajstić information content (AvgIpc) is 2.95. The molecule has 0 N–H and O–H groups in total. The first-order valence-corrected chi connectivity index (χ1v) is 7.71. The van der Waals surface area contributed by atoms with Crippen molar-refractivity contribution in [3.8, 4) is 0 Å². The summed E-state index contributed by atoms with van der Waals surface area (Å²) in [5, 5.41) is 0. The van der Waals surface area contributed by atoms with Crippen LogP contribution in [0.2, 0.25) is 0 Å². The molecule has 0 radical (unpaired) electrons. The van der Waals surface area contributed by atoms with Gasteiger partial charge in [0.1, 0.15) is 0 Å². The van der Waals surface area contributed by atoms with Crippen LogP contribution in [0, 0.1) is 29.6 Å². The van der Waals surface area contributed by atoms with E-state index in [-0.39, 0.29) is 5.97 Å². The van der Waals surface area contributed by atoms with E-state index < -0.39 is 0 Å². The quantitative estimate of drug-likeness (QED) is 0.527. The van der Waals surface area contributed by atoms with E-state index in [4.69, 9.17) is 4.74 Å². The van der Waals surface area contributed by atoms with Gasteiger partial charge in [0, 0.05) is 6.92 Å². The molecule has 18 heavy (non-hydrogen) atoms. The van der Waals surface area contributed by atoms with Crippen LogP contribution in [0.4, 0.5) is 0 Å². The largest absolute Gasteiger partial charge is 0.466 e. The Morgan fingerprint density at radius 2 is 2.06 bits per heavy atom. The van der Waals surface area contributed by atoms with Gasteiger partial charge in [-0.3, -0.25) is 4.79 Å². The van der Waals surface area contributed by atoms with Crippen LogP contribution in [0.3, 0.4) is 0 Å². The topological polar surface area (TPSA) is 26.3 Å². The summed E-state index contributed by atoms with van der Waals surface area (Å²) in [5.74, 6) is 4.52. The zero-order chi connectivity index (χ0) is 13.1. The standard InChI is InChI=1S/C16H28O2/c1-11(5-4-8-18-13(3)17)12(2)16-10-14-6-7-15(16)9-14/h11-12,14-16H,4-10H2,1-3H3. The number of carbonyl (C=O) groups is 1. The molecule has 0 aliphatic heterocycles. The Labute approximate surface area is 111 Å². The molecule has 0 aromatic heterocycles. The molecule has 2 heteroatoms. The van der Waals surface area contributed by atoms with E-state index in [1.54, 1.807) is 0 Å². The van der Waals surface area contributed by atoms with Gasteiger partial charge in [0.25, 0.3) is 0 Å². The minimum Gasteiger partial charge on any atom is -0.466 e. The van der Waals surface area contributed by atoms with Gasteiger partial charge in [-0.25, -0.2) is 0 Å². The first-order chi connectivity index (χ1) is 8.58. The predicted octanol–water partition coefficient (Wildman–Crippen LogP) is 4.04. The van der Waals surface area contributed by atoms with Crippen LogP contribution in [-0.4, -0.2) is 12.6 Å². The van der Waals surface area contributed by atoms with E-state index in [1.165, 1.54) is 39.0 Å². The first-order valence-electron chi connectivity index (χ1n) is 7.71. The first kappa shape index (κ1) is 13.9. The number of ether oxygens (including phenoxy) is 1. The smallest absolute Gasteiger partial charge is 0.302 e. The lowest BCUT2D eigenvalue weighted by Crippen LogP contribution is -2.24. The molecule has 0 aromatic carbocycles. The van der Waals surface area contributed by atoms with Gasteiger partial charge >= 0.3 is 5.97 Å². The Balaban J connectivity index is 1.68. The third-order valence-corrected chi connectivity index (χ3v) is 5.47. The van der Waals surface area contributed by atoms with Crippen molar-refractivity contribution in [1.29, 1.82) is 0 Å². The zero-order valence-corrected chi connectivity index (χ0v) is 12.2. The molecular formula is C16H28O2. The molecule has 0 saturated heterocycles. The summed E-state index contributed by atoms with van der Waals surface area (Å²) in [6.45, 7) is 6.91. The Morgan fingerprint density at radius 1 is 1.28 bits per heavy atom. The molecule has 2 nitrogen and oxygen atoms in total. The molecule has 104 valence electrons. The molecule has 0 aromatic rings. The molecule has 0 spiro atoms. The van der Waals surface area contributed by atoms with E-state index >= 15 is 0 Å². The van der Waals surface area contributed by atoms with Crippen molar-refractivity contribution in [2.45, 2.75) is 59.3 Å². The van der Waals surface area contributed by atoms with Crippen molar-refractivity contribution in [3.63, 3.8) is 0 Å². The SMILES string of the molecule is CC(=O)OCCCC(C)C(C)C1CC2CCC1C2. The van der Waals surface area contributed by atoms with Gasteiger partial charge in [0.05, 0.1) is 6.61 Å². The highest BCUT2D eigenvalue weighted by Gasteiger charge is 2.42. The van der Waals surface area contributed by atoms with Crippen molar-refractivity contribution in [2.75, 3.05) is 6.61 Å². The Kier molecular flexibility index (Phi) is 4.69. The molecule has 2 fully saturated rings. The van der Waals surface area contributed by atoms with Crippen molar-refractivity contribution >= 4 is 5.97 Å². The number of rotatable bonds is 6. The van der Waals surface area contributed by atoms with Gasteiger partial charge in [-0.15, -0.1) is 0 Å². The molecule has 0 heterocycles. The Bertz CT molecular complexity index is 287. The summed E-state index contributed by atoms with van der Waals surface area (Å²) < 4.78 is 5.01. The molecule has 2 bridgehead atoms. The summed E-state index contributed by atoms with van der Waals surface area (Å²) in [6.07, 6.45) is 8.19. The molecule has 2 aliphatic rings. The number of hydrogen-bond acceptors (Lipinski definition) is 2. The zero-order valence-electron chi connectivity index (χ0n) is 12.2. The molecule has 0 amide bonds. The third-order valence-electron chi connectivity index (χ3n) is 5.47. The fourth-order valence-corrected chi connectivity index (χ4v) is 4.24. The maximum absolute atomic E-state index is 10.7. The third kappa shape index (κ3) is 3.27. The van der Waals surface area contributed by atoms with Crippen LogP contribution in [0.15, 0.2) is 0 Å². The maximum atomic E-state index is 10.7. The second-order valence-electron chi connectivity index (χ2n) is 6.66. The van der Waals surface area contributed by atoms with Gasteiger partial charge < -0.3 is 4.74 Å². The molecule has 5 unspecified atom stereocenters. The van der Waals surface area contributed by atoms with E-state index in [0.717, 1.165) is 36.0 Å². The van der Waals surface area contributed by atoms with Gasteiger partial charge in [0.2, 0.25) is 0 Å². The number of carbonyl (C=O) groups excluding carboxylic acids is 1. The fourth-order valence-electron chi connectivity index (χ4n) is 4.24. The number of hydrogen-bond donors (Lipinski definition) is 0. The lowest BCUT2D eigenvalue weighted by molar-refractivity contribution is -0.141. The lowest BCUT2D eigenvalue weighted by atomic mass is 9.74. The summed E-state index contributed by atoms with van der Waals surface area (Å²) >= 11 is 0. The van der Waals surface area contributed by atoms with Crippen molar-refractivity contribution < 1.29 is 9.53 Å². The average molecular weight is 252 g/mol. The van der Waals surface area contributed by atoms with Crippen LogP contribution < -0.4 is 0 Å². The minimum atomic E-state index is -0.149. The van der Waals surface area contributed by atoms with E-state index in [0.29, 0.717) is 6.61 Å². The molecular weight excluding hydrogens is 224 g/mol. The van der Waals surface area contributed by atoms with Crippen LogP contribution >= 0.6 is 0 Å². The fraction of sp³-hybridized carbons (Fsp3) is 0.938. The highest BCUT2D eigenvalue weighted by Crippen LogP contribution is 2.52. The predicted molar refractivity (Wildman–Crippen MR) is 73.1 cm³/mol. The number of esters is 1. The van der Waals surface area contributed by atoms with E-state index in [2.05, 4.69) is 13.8 Å². The molecule has 2 saturated carbocycles. The van der Waals surface area contributed by atoms with Gasteiger partial charge in [-0.2, -0.15) is 0 Å². The minimum absolute atomic E-state index is 0.149. The second kappa shape index (κ2) is 6.08. The van der Waals surface area contributed by atoms with Crippen molar-refractivity contribution in [2.24, 2.45) is 29.6 Å². The van der Waals surface area contributed by atoms with Crippen molar-refractivity contribution in [1.82, 2.24) is 0 Å². The molecule has 5 atom stereocenters. The van der Waals surface area contributed by atoms with Crippen LogP contribution in [-0.2, 0) is 9.53 Å². The monoisotopic (exact) mass is 252 g/mol. The summed E-state index contributed by atoms with van der Waals surface area (Å²) in [7, 11) is 0. The molecule has 2 rings (SSSR count). The summed E-state index contributed by atoms with van der Waals surface area (Å²) in [4.78, 5) is 10.7. The van der Waals surface area contributed by atoms with Crippen LogP contribution in [0.5, 0.6) is 0 Å². The Hall–Kier alpha value is -0.530. The Morgan fingerprint density at radius 3 is 2.61 bits per heavy atom. The number of fused-ring (bicyclic) bond motifs is 2. The van der Waals surface area contributed by atoms with E-state index in [1.807, 2.05) is 0 Å². The highest BCUT2D eigenvalue weighted by atomic mass is 16.5.